The standard InChI is InChI=1S/C27H32F2N8O3S/c1-35-12-8-17(9-13-35)40-27(39)33-23-7-11-30-24(32-23)37-14-10-20(29)21(16-37)36(2)26(38)34-25-31-15-22(41-25)18-5-3-4-6-19(18)28/h3-7,11,15,17,20-21H,8-10,12-14,16H2,1-2H3,(H,31,34,38)(H,30,32,33,39)/t20-,21+/m1/s1. The van der Waals surface area contributed by atoms with E-state index in [-0.39, 0.29) is 35.8 Å². The van der Waals surface area contributed by atoms with Crippen molar-refractivity contribution in [3.05, 3.63) is 48.5 Å². The second-order valence-electron chi connectivity index (χ2n) is 10.1. The number of aromatic nitrogens is 3. The Bertz CT molecular complexity index is 1370. The minimum absolute atomic E-state index is 0.144. The molecule has 218 valence electrons. The maximum atomic E-state index is 15.0. The summed E-state index contributed by atoms with van der Waals surface area (Å²) in [5.41, 5.74) is 0.386. The summed E-state index contributed by atoms with van der Waals surface area (Å²) >= 11 is 1.13. The molecule has 0 radical (unpaired) electrons. The minimum atomic E-state index is -1.27. The number of alkyl halides is 1. The highest BCUT2D eigenvalue weighted by Gasteiger charge is 2.35. The van der Waals surface area contributed by atoms with Crippen molar-refractivity contribution in [3.63, 3.8) is 0 Å². The molecule has 5 rings (SSSR count). The lowest BCUT2D eigenvalue weighted by Gasteiger charge is -2.39. The average molecular weight is 587 g/mol. The molecule has 2 atom stereocenters. The topological polar surface area (TPSA) is 116 Å². The molecule has 0 unspecified atom stereocenters. The van der Waals surface area contributed by atoms with Crippen molar-refractivity contribution >= 4 is 40.4 Å². The highest BCUT2D eigenvalue weighted by molar-refractivity contribution is 7.19. The third kappa shape index (κ3) is 7.06. The molecule has 11 nitrogen and oxygen atoms in total. The first-order chi connectivity index (χ1) is 19.8. The van der Waals surface area contributed by atoms with E-state index < -0.39 is 24.3 Å². The quantitative estimate of drug-likeness (QED) is 0.435. The molecule has 2 aromatic heterocycles. The molecule has 2 aliphatic heterocycles. The lowest BCUT2D eigenvalue weighted by molar-refractivity contribution is 0.0661. The number of rotatable bonds is 6. The van der Waals surface area contributed by atoms with Gasteiger partial charge in [0, 0.05) is 51.2 Å². The number of likely N-dealkylation sites (tertiary alicyclic amines) is 1. The molecule has 2 saturated heterocycles. The largest absolute Gasteiger partial charge is 0.446 e. The Hall–Kier alpha value is -3.91. The molecule has 0 bridgehead atoms. The smallest absolute Gasteiger partial charge is 0.413 e. The number of piperidine rings is 2. The van der Waals surface area contributed by atoms with Crippen LogP contribution in [0.4, 0.5) is 35.3 Å². The lowest BCUT2D eigenvalue weighted by Crippen LogP contribution is -2.55. The number of urea groups is 1. The van der Waals surface area contributed by atoms with Crippen molar-refractivity contribution in [1.29, 1.82) is 0 Å². The summed E-state index contributed by atoms with van der Waals surface area (Å²) in [6.45, 7) is 2.22. The number of hydrogen-bond acceptors (Lipinski definition) is 9. The van der Waals surface area contributed by atoms with E-state index in [4.69, 9.17) is 4.74 Å². The molecular formula is C27H32F2N8O3S. The fourth-order valence-corrected chi connectivity index (χ4v) is 5.69. The molecule has 0 saturated carbocycles. The van der Waals surface area contributed by atoms with Crippen molar-refractivity contribution < 1.29 is 23.1 Å². The predicted octanol–water partition coefficient (Wildman–Crippen LogP) is 4.46. The summed E-state index contributed by atoms with van der Waals surface area (Å²) in [4.78, 5) is 44.1. The van der Waals surface area contributed by atoms with Gasteiger partial charge in [0.1, 0.15) is 23.9 Å². The van der Waals surface area contributed by atoms with Gasteiger partial charge in [-0.25, -0.2) is 28.3 Å². The number of hydrogen-bond donors (Lipinski definition) is 2. The van der Waals surface area contributed by atoms with Crippen molar-refractivity contribution in [2.45, 2.75) is 37.6 Å². The number of nitrogens with zero attached hydrogens (tertiary/aromatic N) is 6. The number of nitrogens with one attached hydrogen (secondary N) is 2. The molecule has 41 heavy (non-hydrogen) atoms. The first-order valence-electron chi connectivity index (χ1n) is 13.4. The van der Waals surface area contributed by atoms with Gasteiger partial charge in [0.15, 0.2) is 5.13 Å². The van der Waals surface area contributed by atoms with Crippen LogP contribution in [0, 0.1) is 5.82 Å². The Morgan fingerprint density at radius 3 is 2.66 bits per heavy atom. The van der Waals surface area contributed by atoms with Gasteiger partial charge in [-0.3, -0.25) is 10.6 Å². The number of benzene rings is 1. The van der Waals surface area contributed by atoms with E-state index in [1.165, 1.54) is 30.4 Å². The SMILES string of the molecule is CN1CCC(OC(=O)Nc2ccnc(N3CC[C@@H](F)[C@@H](N(C)C(=O)Nc4ncc(-c5ccccc5F)s4)C3)n2)CC1. The maximum absolute atomic E-state index is 15.0. The summed E-state index contributed by atoms with van der Waals surface area (Å²) in [5, 5.41) is 5.61. The second-order valence-corrected chi connectivity index (χ2v) is 11.2. The van der Waals surface area contributed by atoms with Crippen LogP contribution < -0.4 is 15.5 Å². The van der Waals surface area contributed by atoms with Crippen molar-refractivity contribution in [3.8, 4) is 10.4 Å². The van der Waals surface area contributed by atoms with Gasteiger partial charge in [-0.05, 0) is 38.4 Å². The van der Waals surface area contributed by atoms with E-state index in [1.54, 1.807) is 29.2 Å². The molecule has 4 heterocycles. The van der Waals surface area contributed by atoms with Gasteiger partial charge < -0.3 is 19.4 Å². The fourth-order valence-electron chi connectivity index (χ4n) is 4.86. The number of carbonyl (C=O) groups excluding carboxylic acids is 2. The molecular weight excluding hydrogens is 554 g/mol. The summed E-state index contributed by atoms with van der Waals surface area (Å²) in [7, 11) is 3.55. The van der Waals surface area contributed by atoms with E-state index in [2.05, 4.69) is 30.5 Å². The molecule has 14 heteroatoms. The highest BCUT2D eigenvalue weighted by Crippen LogP contribution is 2.31. The zero-order chi connectivity index (χ0) is 28.9. The number of thiazole rings is 1. The highest BCUT2D eigenvalue weighted by atomic mass is 32.1. The van der Waals surface area contributed by atoms with Gasteiger partial charge in [0.25, 0.3) is 0 Å². The number of likely N-dealkylation sites (N-methyl/N-ethyl adjacent to an activating group) is 1. The summed E-state index contributed by atoms with van der Waals surface area (Å²) in [6, 6.07) is 6.54. The van der Waals surface area contributed by atoms with Gasteiger partial charge in [-0.2, -0.15) is 4.98 Å². The third-order valence-electron chi connectivity index (χ3n) is 7.27. The first-order valence-corrected chi connectivity index (χ1v) is 14.2. The van der Waals surface area contributed by atoms with Gasteiger partial charge in [0.05, 0.1) is 10.9 Å². The van der Waals surface area contributed by atoms with Gasteiger partial charge in [0.2, 0.25) is 5.95 Å². The Balaban J connectivity index is 1.19. The van der Waals surface area contributed by atoms with Crippen LogP contribution in [-0.2, 0) is 4.74 Å². The molecule has 0 spiro atoms. The Morgan fingerprint density at radius 2 is 1.88 bits per heavy atom. The fraction of sp³-hybridized carbons (Fsp3) is 0.444. The number of ether oxygens (including phenoxy) is 1. The Morgan fingerprint density at radius 1 is 1.10 bits per heavy atom. The van der Waals surface area contributed by atoms with Crippen LogP contribution in [0.15, 0.2) is 42.7 Å². The molecule has 0 aliphatic carbocycles. The zero-order valence-corrected chi connectivity index (χ0v) is 23.6. The molecule has 2 N–H and O–H groups in total. The van der Waals surface area contributed by atoms with Crippen LogP contribution in [0.2, 0.25) is 0 Å². The van der Waals surface area contributed by atoms with Crippen molar-refractivity contribution in [1.82, 2.24) is 24.8 Å². The van der Waals surface area contributed by atoms with Gasteiger partial charge in [-0.15, -0.1) is 0 Å². The Kier molecular flexibility index (Phi) is 8.88. The predicted molar refractivity (Wildman–Crippen MR) is 152 cm³/mol. The van der Waals surface area contributed by atoms with Crippen LogP contribution in [0.5, 0.6) is 0 Å². The number of anilines is 3. The summed E-state index contributed by atoms with van der Waals surface area (Å²) in [5.74, 6) is 0.193. The van der Waals surface area contributed by atoms with Crippen LogP contribution in [-0.4, -0.2) is 95.5 Å². The van der Waals surface area contributed by atoms with Crippen LogP contribution >= 0.6 is 11.3 Å². The van der Waals surface area contributed by atoms with E-state index in [0.29, 0.717) is 22.9 Å². The van der Waals surface area contributed by atoms with E-state index in [1.807, 2.05) is 7.05 Å². The van der Waals surface area contributed by atoms with Crippen molar-refractivity contribution in [2.75, 3.05) is 55.8 Å². The second kappa shape index (κ2) is 12.7. The normalized spacial score (nSPS) is 20.0. The Labute approximate surface area is 240 Å². The molecule has 2 fully saturated rings. The van der Waals surface area contributed by atoms with E-state index >= 15 is 4.39 Å². The van der Waals surface area contributed by atoms with Crippen LogP contribution in [0.3, 0.4) is 0 Å². The van der Waals surface area contributed by atoms with Crippen LogP contribution in [0.25, 0.3) is 10.4 Å². The summed E-state index contributed by atoms with van der Waals surface area (Å²) < 4.78 is 34.7. The van der Waals surface area contributed by atoms with Gasteiger partial charge in [-0.1, -0.05) is 29.5 Å². The van der Waals surface area contributed by atoms with Crippen molar-refractivity contribution in [2.24, 2.45) is 0 Å². The molecule has 3 aromatic rings. The van der Waals surface area contributed by atoms with Gasteiger partial charge >= 0.3 is 12.1 Å². The van der Waals surface area contributed by atoms with Crippen LogP contribution in [0.1, 0.15) is 19.3 Å². The zero-order valence-electron chi connectivity index (χ0n) is 22.8. The minimum Gasteiger partial charge on any atom is -0.446 e. The average Bonchev–Trinajstić information content (AvgIpc) is 3.42. The third-order valence-corrected chi connectivity index (χ3v) is 8.22. The number of halogens is 2. The number of amides is 3. The number of carbonyl (C=O) groups is 2. The first kappa shape index (κ1) is 28.6. The maximum Gasteiger partial charge on any atom is 0.413 e. The molecule has 3 amide bonds. The van der Waals surface area contributed by atoms with E-state index in [9.17, 15) is 14.0 Å². The van der Waals surface area contributed by atoms with E-state index in [0.717, 1.165) is 37.3 Å². The lowest BCUT2D eigenvalue weighted by atomic mass is 10.0. The molecule has 1 aromatic carbocycles. The monoisotopic (exact) mass is 586 g/mol. The molecule has 2 aliphatic rings. The summed E-state index contributed by atoms with van der Waals surface area (Å²) in [6.07, 6.45) is 2.71.